The van der Waals surface area contributed by atoms with E-state index in [2.05, 4.69) is 10.4 Å². The number of aromatic nitrogens is 2. The molecule has 0 bridgehead atoms. The molecule has 0 saturated carbocycles. The SMILES string of the molecule is O=C(/C=C/c1cccc(Cl)c1)NCCc1cnn(-c2ccccc2)c1. The van der Waals surface area contributed by atoms with E-state index in [0.29, 0.717) is 11.6 Å². The van der Waals surface area contributed by atoms with Crippen LogP contribution in [0.1, 0.15) is 11.1 Å². The summed E-state index contributed by atoms with van der Waals surface area (Å²) in [4.78, 5) is 11.9. The first kappa shape index (κ1) is 17.0. The third-order valence-corrected chi connectivity index (χ3v) is 3.88. The van der Waals surface area contributed by atoms with E-state index in [9.17, 15) is 4.79 Å². The Labute approximate surface area is 151 Å². The largest absolute Gasteiger partial charge is 0.352 e. The minimum atomic E-state index is -0.129. The van der Waals surface area contributed by atoms with Crippen LogP contribution in [0.25, 0.3) is 11.8 Å². The molecule has 2 aromatic carbocycles. The molecule has 4 nitrogen and oxygen atoms in total. The second-order valence-electron chi connectivity index (χ2n) is 5.56. The Hall–Kier alpha value is -2.85. The first-order chi connectivity index (χ1) is 12.2. The van der Waals surface area contributed by atoms with E-state index in [0.717, 1.165) is 23.2 Å². The number of carbonyl (C=O) groups is 1. The Morgan fingerprint density at radius 1 is 1.16 bits per heavy atom. The number of hydrogen-bond donors (Lipinski definition) is 1. The molecule has 0 unspecified atom stereocenters. The molecule has 0 spiro atoms. The molecule has 0 atom stereocenters. The van der Waals surface area contributed by atoms with Gasteiger partial charge in [0.05, 0.1) is 11.9 Å². The summed E-state index contributed by atoms with van der Waals surface area (Å²) in [7, 11) is 0. The van der Waals surface area contributed by atoms with E-state index in [1.165, 1.54) is 6.08 Å². The molecule has 0 aliphatic rings. The van der Waals surface area contributed by atoms with Crippen LogP contribution in [0, 0.1) is 0 Å². The molecule has 0 aliphatic heterocycles. The molecule has 126 valence electrons. The second-order valence-corrected chi connectivity index (χ2v) is 5.99. The Kier molecular flexibility index (Phi) is 5.65. The zero-order chi connectivity index (χ0) is 17.5. The lowest BCUT2D eigenvalue weighted by Gasteiger charge is -2.01. The maximum absolute atomic E-state index is 11.9. The summed E-state index contributed by atoms with van der Waals surface area (Å²) in [6.45, 7) is 0.555. The highest BCUT2D eigenvalue weighted by atomic mass is 35.5. The van der Waals surface area contributed by atoms with Crippen LogP contribution in [0.5, 0.6) is 0 Å². The number of halogens is 1. The number of hydrogen-bond acceptors (Lipinski definition) is 2. The van der Waals surface area contributed by atoms with Crippen LogP contribution >= 0.6 is 11.6 Å². The number of amides is 1. The monoisotopic (exact) mass is 351 g/mol. The summed E-state index contributed by atoms with van der Waals surface area (Å²) in [5.74, 6) is -0.129. The van der Waals surface area contributed by atoms with Crippen LogP contribution in [0.3, 0.4) is 0 Å². The van der Waals surface area contributed by atoms with E-state index in [-0.39, 0.29) is 5.91 Å². The Morgan fingerprint density at radius 2 is 2.00 bits per heavy atom. The van der Waals surface area contributed by atoms with Crippen LogP contribution < -0.4 is 5.32 Å². The van der Waals surface area contributed by atoms with Crippen molar-refractivity contribution in [3.63, 3.8) is 0 Å². The van der Waals surface area contributed by atoms with Crippen molar-refractivity contribution in [3.8, 4) is 5.69 Å². The molecule has 0 fully saturated rings. The van der Waals surface area contributed by atoms with Crippen molar-refractivity contribution < 1.29 is 4.79 Å². The van der Waals surface area contributed by atoms with E-state index >= 15 is 0 Å². The highest BCUT2D eigenvalue weighted by molar-refractivity contribution is 6.30. The Balaban J connectivity index is 1.48. The number of benzene rings is 2. The van der Waals surface area contributed by atoms with Gasteiger partial charge in [0.15, 0.2) is 0 Å². The van der Waals surface area contributed by atoms with Crippen molar-refractivity contribution in [2.45, 2.75) is 6.42 Å². The number of nitrogens with zero attached hydrogens (tertiary/aromatic N) is 2. The fourth-order valence-electron chi connectivity index (χ4n) is 2.38. The quantitative estimate of drug-likeness (QED) is 0.685. The van der Waals surface area contributed by atoms with Crippen molar-refractivity contribution >= 4 is 23.6 Å². The third kappa shape index (κ3) is 5.06. The van der Waals surface area contributed by atoms with E-state index in [1.54, 1.807) is 12.1 Å². The molecule has 25 heavy (non-hydrogen) atoms. The minimum absolute atomic E-state index is 0.129. The molecule has 1 N–H and O–H groups in total. The fourth-order valence-corrected chi connectivity index (χ4v) is 2.58. The van der Waals surface area contributed by atoms with Crippen LogP contribution in [0.4, 0.5) is 0 Å². The van der Waals surface area contributed by atoms with Gasteiger partial charge in [-0.25, -0.2) is 4.68 Å². The van der Waals surface area contributed by atoms with Gasteiger partial charge in [-0.1, -0.05) is 41.9 Å². The summed E-state index contributed by atoms with van der Waals surface area (Å²) in [6.07, 6.45) is 7.78. The van der Waals surface area contributed by atoms with Gasteiger partial charge in [-0.15, -0.1) is 0 Å². The molecule has 5 heteroatoms. The zero-order valence-electron chi connectivity index (χ0n) is 13.6. The highest BCUT2D eigenvalue weighted by Gasteiger charge is 2.01. The summed E-state index contributed by atoms with van der Waals surface area (Å²) in [5.41, 5.74) is 2.98. The van der Waals surface area contributed by atoms with Crippen molar-refractivity contribution in [1.29, 1.82) is 0 Å². The summed E-state index contributed by atoms with van der Waals surface area (Å²) < 4.78 is 1.83. The van der Waals surface area contributed by atoms with Crippen LogP contribution in [0.15, 0.2) is 73.1 Å². The van der Waals surface area contributed by atoms with Gasteiger partial charge in [0.1, 0.15) is 0 Å². The molecule has 1 heterocycles. The summed E-state index contributed by atoms with van der Waals surface area (Å²) >= 11 is 5.92. The van der Waals surface area contributed by atoms with Gasteiger partial charge in [0.25, 0.3) is 0 Å². The lowest BCUT2D eigenvalue weighted by Crippen LogP contribution is -2.23. The molecule has 0 radical (unpaired) electrons. The first-order valence-electron chi connectivity index (χ1n) is 8.01. The summed E-state index contributed by atoms with van der Waals surface area (Å²) in [6, 6.07) is 17.3. The molecule has 0 aliphatic carbocycles. The summed E-state index contributed by atoms with van der Waals surface area (Å²) in [5, 5.41) is 7.87. The molecule has 1 amide bonds. The molecule has 0 saturated heterocycles. The van der Waals surface area contributed by atoms with Gasteiger partial charge in [-0.3, -0.25) is 4.79 Å². The lowest BCUT2D eigenvalue weighted by atomic mass is 10.2. The van der Waals surface area contributed by atoms with Gasteiger partial charge < -0.3 is 5.32 Å². The lowest BCUT2D eigenvalue weighted by molar-refractivity contribution is -0.116. The molecule has 3 rings (SSSR count). The molecular weight excluding hydrogens is 334 g/mol. The number of para-hydroxylation sites is 1. The second kappa shape index (κ2) is 8.31. The molecule has 1 aromatic heterocycles. The normalized spacial score (nSPS) is 10.9. The smallest absolute Gasteiger partial charge is 0.244 e. The van der Waals surface area contributed by atoms with Crippen LogP contribution in [-0.4, -0.2) is 22.2 Å². The first-order valence-corrected chi connectivity index (χ1v) is 8.39. The van der Waals surface area contributed by atoms with Gasteiger partial charge in [-0.05, 0) is 47.9 Å². The number of nitrogens with one attached hydrogen (secondary N) is 1. The van der Waals surface area contributed by atoms with E-state index in [1.807, 2.05) is 65.6 Å². The van der Waals surface area contributed by atoms with Gasteiger partial charge in [0, 0.05) is 23.8 Å². The van der Waals surface area contributed by atoms with Crippen LogP contribution in [-0.2, 0) is 11.2 Å². The number of carbonyl (C=O) groups excluding carboxylic acids is 1. The Morgan fingerprint density at radius 3 is 2.80 bits per heavy atom. The predicted octanol–water partition coefficient (Wildman–Crippen LogP) is 3.90. The average molecular weight is 352 g/mol. The van der Waals surface area contributed by atoms with Crippen molar-refractivity contribution in [1.82, 2.24) is 15.1 Å². The number of rotatable bonds is 6. The van der Waals surface area contributed by atoms with Crippen LogP contribution in [0.2, 0.25) is 5.02 Å². The van der Waals surface area contributed by atoms with E-state index < -0.39 is 0 Å². The highest BCUT2D eigenvalue weighted by Crippen LogP contribution is 2.11. The van der Waals surface area contributed by atoms with Gasteiger partial charge >= 0.3 is 0 Å². The topological polar surface area (TPSA) is 46.9 Å². The fraction of sp³-hybridized carbons (Fsp3) is 0.100. The minimum Gasteiger partial charge on any atom is -0.352 e. The van der Waals surface area contributed by atoms with Gasteiger partial charge in [0.2, 0.25) is 5.91 Å². The maximum atomic E-state index is 11.9. The predicted molar refractivity (Wildman–Crippen MR) is 101 cm³/mol. The van der Waals surface area contributed by atoms with E-state index in [4.69, 9.17) is 11.6 Å². The van der Waals surface area contributed by atoms with Gasteiger partial charge in [-0.2, -0.15) is 5.10 Å². The standard InChI is InChI=1S/C20H18ClN3O/c21-18-6-4-5-16(13-18)9-10-20(25)22-12-11-17-14-23-24(15-17)19-7-2-1-3-8-19/h1-10,13-15H,11-12H2,(H,22,25)/b10-9+. The van der Waals surface area contributed by atoms with Crippen molar-refractivity contribution in [2.24, 2.45) is 0 Å². The van der Waals surface area contributed by atoms with Crippen molar-refractivity contribution in [3.05, 3.63) is 89.2 Å². The zero-order valence-corrected chi connectivity index (χ0v) is 14.4. The average Bonchev–Trinajstić information content (AvgIpc) is 3.10. The maximum Gasteiger partial charge on any atom is 0.244 e. The molecular formula is C20H18ClN3O. The third-order valence-electron chi connectivity index (χ3n) is 3.65. The Bertz CT molecular complexity index is 871. The van der Waals surface area contributed by atoms with Crippen molar-refractivity contribution in [2.75, 3.05) is 6.54 Å². The molecule has 3 aromatic rings.